The van der Waals surface area contributed by atoms with Crippen LogP contribution in [0.5, 0.6) is 0 Å². The maximum atomic E-state index is 12.0. The van der Waals surface area contributed by atoms with Crippen LogP contribution >= 0.6 is 0 Å². The largest absolute Gasteiger partial charge is 0.374 e. The Balaban J connectivity index is 1.87. The number of carbonyl (C=O) groups excluding carboxylic acids is 1. The molecule has 0 aromatic heterocycles. The van der Waals surface area contributed by atoms with Crippen molar-refractivity contribution in [2.24, 2.45) is 11.7 Å². The summed E-state index contributed by atoms with van der Waals surface area (Å²) in [6, 6.07) is 7.71. The summed E-state index contributed by atoms with van der Waals surface area (Å²) in [6.45, 7) is 4.30. The molecule has 0 aliphatic heterocycles. The van der Waals surface area contributed by atoms with Crippen molar-refractivity contribution >= 4 is 11.6 Å². The van der Waals surface area contributed by atoms with Crippen LogP contribution in [0.15, 0.2) is 24.3 Å². The molecule has 2 rings (SSSR count). The fraction of sp³-hybridized carbons (Fsp3) is 0.611. The topological polar surface area (TPSA) is 64.4 Å². The summed E-state index contributed by atoms with van der Waals surface area (Å²) in [5.41, 5.74) is 7.67. The second-order valence-electron chi connectivity index (χ2n) is 6.41. The van der Waals surface area contributed by atoms with Gasteiger partial charge in [0.15, 0.2) is 0 Å². The first-order valence-electron chi connectivity index (χ1n) is 8.33. The van der Waals surface area contributed by atoms with E-state index in [-0.39, 0.29) is 17.9 Å². The fourth-order valence-electron chi connectivity index (χ4n) is 2.68. The van der Waals surface area contributed by atoms with E-state index in [0.717, 1.165) is 11.3 Å². The van der Waals surface area contributed by atoms with Crippen molar-refractivity contribution in [2.45, 2.75) is 64.7 Å². The van der Waals surface area contributed by atoms with Crippen LogP contribution in [-0.4, -0.2) is 18.1 Å². The minimum absolute atomic E-state index is 0.0413. The lowest BCUT2D eigenvalue weighted by molar-refractivity contribution is -0.119. The first-order chi connectivity index (χ1) is 10.6. The zero-order chi connectivity index (χ0) is 15.9. The Labute approximate surface area is 133 Å². The van der Waals surface area contributed by atoms with Crippen LogP contribution in [0.4, 0.5) is 5.69 Å². The summed E-state index contributed by atoms with van der Waals surface area (Å²) in [6.07, 6.45) is 6.61. The Hall–Kier alpha value is -1.39. The van der Waals surface area contributed by atoms with Gasteiger partial charge >= 0.3 is 0 Å². The van der Waals surface area contributed by atoms with Gasteiger partial charge in [0.2, 0.25) is 5.91 Å². The summed E-state index contributed by atoms with van der Waals surface area (Å²) < 4.78 is 5.98. The second-order valence-corrected chi connectivity index (χ2v) is 6.41. The SMILES string of the molecule is CC(N)C(C)C(=O)Nc1cccc(COC2CCCCC2)c1. The molecule has 1 aliphatic carbocycles. The zero-order valence-corrected chi connectivity index (χ0v) is 13.7. The molecule has 0 saturated heterocycles. The van der Waals surface area contributed by atoms with Gasteiger partial charge in [-0.3, -0.25) is 4.79 Å². The summed E-state index contributed by atoms with van der Waals surface area (Å²) in [5, 5.41) is 2.93. The number of benzene rings is 1. The smallest absolute Gasteiger partial charge is 0.228 e. The molecule has 0 bridgehead atoms. The molecule has 22 heavy (non-hydrogen) atoms. The van der Waals surface area contributed by atoms with Crippen molar-refractivity contribution in [1.29, 1.82) is 0 Å². The molecule has 1 aromatic carbocycles. The highest BCUT2D eigenvalue weighted by Gasteiger charge is 2.17. The standard InChI is InChI=1S/C18H28N2O2/c1-13(14(2)19)18(21)20-16-8-6-7-15(11-16)12-22-17-9-4-3-5-10-17/h6-8,11,13-14,17H,3-5,9-10,12,19H2,1-2H3,(H,20,21). The van der Waals surface area contributed by atoms with Crippen molar-refractivity contribution < 1.29 is 9.53 Å². The van der Waals surface area contributed by atoms with Crippen molar-refractivity contribution in [2.75, 3.05) is 5.32 Å². The fourth-order valence-corrected chi connectivity index (χ4v) is 2.68. The monoisotopic (exact) mass is 304 g/mol. The first-order valence-corrected chi connectivity index (χ1v) is 8.33. The van der Waals surface area contributed by atoms with Gasteiger partial charge < -0.3 is 15.8 Å². The molecule has 4 heteroatoms. The number of carbonyl (C=O) groups is 1. The molecule has 1 aromatic rings. The van der Waals surface area contributed by atoms with Gasteiger partial charge in [-0.25, -0.2) is 0 Å². The molecule has 1 amide bonds. The Kier molecular flexibility index (Phi) is 6.40. The third kappa shape index (κ3) is 5.11. The van der Waals surface area contributed by atoms with E-state index in [1.165, 1.54) is 32.1 Å². The highest BCUT2D eigenvalue weighted by molar-refractivity contribution is 5.92. The van der Waals surface area contributed by atoms with Crippen molar-refractivity contribution in [3.05, 3.63) is 29.8 Å². The Morgan fingerprint density at radius 2 is 2.05 bits per heavy atom. The van der Waals surface area contributed by atoms with Gasteiger partial charge in [0.25, 0.3) is 0 Å². The van der Waals surface area contributed by atoms with Crippen LogP contribution < -0.4 is 11.1 Å². The average molecular weight is 304 g/mol. The third-order valence-electron chi connectivity index (χ3n) is 4.43. The van der Waals surface area contributed by atoms with E-state index >= 15 is 0 Å². The van der Waals surface area contributed by atoms with Gasteiger partial charge in [-0.05, 0) is 37.5 Å². The number of rotatable bonds is 6. The lowest BCUT2D eigenvalue weighted by atomic mass is 9.98. The molecule has 0 spiro atoms. The maximum absolute atomic E-state index is 12.0. The Bertz CT molecular complexity index is 482. The minimum atomic E-state index is -0.206. The molecule has 2 unspecified atom stereocenters. The zero-order valence-electron chi connectivity index (χ0n) is 13.7. The number of hydrogen-bond acceptors (Lipinski definition) is 3. The number of anilines is 1. The van der Waals surface area contributed by atoms with Crippen molar-refractivity contribution in [1.82, 2.24) is 0 Å². The molecule has 1 fully saturated rings. The molecule has 0 radical (unpaired) electrons. The molecular weight excluding hydrogens is 276 g/mol. The molecule has 1 aliphatic rings. The van der Waals surface area contributed by atoms with Gasteiger partial charge in [-0.1, -0.05) is 38.3 Å². The van der Waals surface area contributed by atoms with E-state index in [1.54, 1.807) is 0 Å². The van der Waals surface area contributed by atoms with Crippen LogP contribution in [-0.2, 0) is 16.1 Å². The molecular formula is C18H28N2O2. The Morgan fingerprint density at radius 1 is 1.32 bits per heavy atom. The normalized spacial score (nSPS) is 18.7. The van der Waals surface area contributed by atoms with Gasteiger partial charge in [0, 0.05) is 11.7 Å². The number of hydrogen-bond donors (Lipinski definition) is 2. The van der Waals surface area contributed by atoms with E-state index in [9.17, 15) is 4.79 Å². The number of nitrogens with one attached hydrogen (secondary N) is 1. The van der Waals surface area contributed by atoms with Crippen LogP contribution in [0.2, 0.25) is 0 Å². The lowest BCUT2D eigenvalue weighted by Gasteiger charge is -2.22. The number of nitrogens with two attached hydrogens (primary N) is 1. The lowest BCUT2D eigenvalue weighted by Crippen LogP contribution is -2.34. The van der Waals surface area contributed by atoms with E-state index < -0.39 is 0 Å². The van der Waals surface area contributed by atoms with Crippen molar-refractivity contribution in [3.8, 4) is 0 Å². The minimum Gasteiger partial charge on any atom is -0.374 e. The maximum Gasteiger partial charge on any atom is 0.228 e. The average Bonchev–Trinajstić information content (AvgIpc) is 2.53. The quantitative estimate of drug-likeness (QED) is 0.846. The molecule has 4 nitrogen and oxygen atoms in total. The highest BCUT2D eigenvalue weighted by atomic mass is 16.5. The van der Waals surface area contributed by atoms with E-state index in [1.807, 2.05) is 38.1 Å². The predicted octanol–water partition coefficient (Wildman–Crippen LogP) is 3.46. The summed E-state index contributed by atoms with van der Waals surface area (Å²) in [7, 11) is 0. The van der Waals surface area contributed by atoms with Gasteiger partial charge in [0.1, 0.15) is 0 Å². The van der Waals surface area contributed by atoms with E-state index in [2.05, 4.69) is 5.32 Å². The van der Waals surface area contributed by atoms with Gasteiger partial charge in [-0.2, -0.15) is 0 Å². The van der Waals surface area contributed by atoms with Crippen LogP contribution in [0.1, 0.15) is 51.5 Å². The predicted molar refractivity (Wildman–Crippen MR) is 89.5 cm³/mol. The second kappa shape index (κ2) is 8.30. The number of amides is 1. The summed E-state index contributed by atoms with van der Waals surface area (Å²) >= 11 is 0. The van der Waals surface area contributed by atoms with Crippen molar-refractivity contribution in [3.63, 3.8) is 0 Å². The van der Waals surface area contributed by atoms with Gasteiger partial charge in [-0.15, -0.1) is 0 Å². The summed E-state index contributed by atoms with van der Waals surface area (Å²) in [4.78, 5) is 12.0. The van der Waals surface area contributed by atoms with Gasteiger partial charge in [0.05, 0.1) is 18.6 Å². The number of ether oxygens (including phenoxy) is 1. The molecule has 3 N–H and O–H groups in total. The van der Waals surface area contributed by atoms with Crippen LogP contribution in [0, 0.1) is 5.92 Å². The molecule has 2 atom stereocenters. The van der Waals surface area contributed by atoms with E-state index in [0.29, 0.717) is 12.7 Å². The van der Waals surface area contributed by atoms with Crippen LogP contribution in [0.3, 0.4) is 0 Å². The van der Waals surface area contributed by atoms with Crippen LogP contribution in [0.25, 0.3) is 0 Å². The first kappa shape index (κ1) is 17.0. The van der Waals surface area contributed by atoms with E-state index in [4.69, 9.17) is 10.5 Å². The molecule has 0 heterocycles. The molecule has 122 valence electrons. The highest BCUT2D eigenvalue weighted by Crippen LogP contribution is 2.22. The third-order valence-corrected chi connectivity index (χ3v) is 4.43. The Morgan fingerprint density at radius 3 is 2.73 bits per heavy atom. The summed E-state index contributed by atoms with van der Waals surface area (Å²) in [5.74, 6) is -0.248. The molecule has 1 saturated carbocycles.